The van der Waals surface area contributed by atoms with Gasteiger partial charge in [0.1, 0.15) is 0 Å². The predicted molar refractivity (Wildman–Crippen MR) is 76.3 cm³/mol. The van der Waals surface area contributed by atoms with Crippen molar-refractivity contribution in [2.75, 3.05) is 13.2 Å². The molecule has 0 bridgehead atoms. The summed E-state index contributed by atoms with van der Waals surface area (Å²) in [6.45, 7) is 13.8. The number of hydrogen-bond acceptors (Lipinski definition) is 2. The van der Waals surface area contributed by atoms with Crippen molar-refractivity contribution in [2.24, 2.45) is 16.7 Å². The zero-order valence-corrected chi connectivity index (χ0v) is 13.0. The molecule has 1 amide bonds. The molecule has 108 valence electrons. The van der Waals surface area contributed by atoms with Crippen LogP contribution in [0.3, 0.4) is 0 Å². The molecule has 0 saturated heterocycles. The van der Waals surface area contributed by atoms with Gasteiger partial charge in [0.25, 0.3) is 0 Å². The van der Waals surface area contributed by atoms with Crippen LogP contribution in [0.25, 0.3) is 0 Å². The van der Waals surface area contributed by atoms with Crippen LogP contribution >= 0.6 is 0 Å². The van der Waals surface area contributed by atoms with E-state index in [0.29, 0.717) is 18.9 Å². The zero-order valence-electron chi connectivity index (χ0n) is 13.0. The summed E-state index contributed by atoms with van der Waals surface area (Å²) in [6, 6.07) is 0. The van der Waals surface area contributed by atoms with Gasteiger partial charge in [-0.2, -0.15) is 0 Å². The van der Waals surface area contributed by atoms with Gasteiger partial charge in [-0.3, -0.25) is 4.79 Å². The first-order chi connectivity index (χ1) is 8.08. The smallest absolute Gasteiger partial charge is 0.220 e. The number of carbonyl (C=O) groups is 1. The van der Waals surface area contributed by atoms with E-state index in [-0.39, 0.29) is 23.3 Å². The molecule has 1 unspecified atom stereocenters. The van der Waals surface area contributed by atoms with Crippen LogP contribution in [0.4, 0.5) is 0 Å². The first-order valence-electron chi connectivity index (χ1n) is 6.96. The molecule has 0 aromatic carbocycles. The largest absolute Gasteiger partial charge is 0.396 e. The van der Waals surface area contributed by atoms with Crippen molar-refractivity contribution in [1.29, 1.82) is 0 Å². The second kappa shape index (κ2) is 7.13. The Morgan fingerprint density at radius 2 is 1.78 bits per heavy atom. The zero-order chi connectivity index (χ0) is 14.4. The lowest BCUT2D eigenvalue weighted by Crippen LogP contribution is -2.36. The van der Waals surface area contributed by atoms with E-state index >= 15 is 0 Å². The van der Waals surface area contributed by atoms with Crippen LogP contribution < -0.4 is 5.32 Å². The first kappa shape index (κ1) is 17.4. The Hall–Kier alpha value is -0.570. The molecule has 0 radical (unpaired) electrons. The van der Waals surface area contributed by atoms with Crippen LogP contribution in [-0.4, -0.2) is 24.2 Å². The Balaban J connectivity index is 4.03. The van der Waals surface area contributed by atoms with Crippen LogP contribution in [0.5, 0.6) is 0 Å². The van der Waals surface area contributed by atoms with Crippen LogP contribution in [0.2, 0.25) is 0 Å². The Labute approximate surface area is 112 Å². The summed E-state index contributed by atoms with van der Waals surface area (Å²) in [5.74, 6) is 0.507. The molecule has 0 spiro atoms. The normalized spacial score (nSPS) is 14.4. The van der Waals surface area contributed by atoms with Gasteiger partial charge in [-0.15, -0.1) is 0 Å². The molecule has 0 aromatic rings. The monoisotopic (exact) mass is 257 g/mol. The van der Waals surface area contributed by atoms with Crippen LogP contribution in [-0.2, 0) is 4.79 Å². The van der Waals surface area contributed by atoms with Gasteiger partial charge in [-0.05, 0) is 29.6 Å². The minimum Gasteiger partial charge on any atom is -0.396 e. The van der Waals surface area contributed by atoms with Crippen molar-refractivity contribution in [1.82, 2.24) is 5.32 Å². The second-order valence-corrected chi connectivity index (χ2v) is 7.24. The summed E-state index contributed by atoms with van der Waals surface area (Å²) in [5.41, 5.74) is 0.229. The fourth-order valence-electron chi connectivity index (χ4n) is 1.64. The maximum Gasteiger partial charge on any atom is 0.220 e. The van der Waals surface area contributed by atoms with Gasteiger partial charge in [-0.1, -0.05) is 41.5 Å². The lowest BCUT2D eigenvalue weighted by Gasteiger charge is -2.28. The lowest BCUT2D eigenvalue weighted by molar-refractivity contribution is -0.123. The van der Waals surface area contributed by atoms with E-state index in [0.717, 1.165) is 12.8 Å². The average molecular weight is 257 g/mol. The van der Waals surface area contributed by atoms with Gasteiger partial charge < -0.3 is 10.4 Å². The van der Waals surface area contributed by atoms with Gasteiger partial charge in [-0.25, -0.2) is 0 Å². The van der Waals surface area contributed by atoms with Crippen LogP contribution in [0.15, 0.2) is 0 Å². The van der Waals surface area contributed by atoms with E-state index in [1.807, 2.05) is 0 Å². The number of aliphatic hydroxyl groups is 1. The standard InChI is InChI=1S/C15H31NO2/c1-12(14(2,3)4)10-13(18)16-11-15(5,6)8-7-9-17/h12,17H,7-11H2,1-6H3,(H,16,18). The van der Waals surface area contributed by atoms with Crippen LogP contribution in [0.1, 0.15) is 60.8 Å². The highest BCUT2D eigenvalue weighted by molar-refractivity contribution is 5.76. The number of rotatable bonds is 7. The number of hydrogen-bond donors (Lipinski definition) is 2. The summed E-state index contributed by atoms with van der Waals surface area (Å²) in [7, 11) is 0. The molecular formula is C15H31NO2. The minimum atomic E-state index is 0.0589. The van der Waals surface area contributed by atoms with E-state index < -0.39 is 0 Å². The molecule has 3 nitrogen and oxygen atoms in total. The third kappa shape index (κ3) is 7.70. The van der Waals surface area contributed by atoms with Gasteiger partial charge in [0, 0.05) is 19.6 Å². The Morgan fingerprint density at radius 3 is 2.22 bits per heavy atom. The fourth-order valence-corrected chi connectivity index (χ4v) is 1.64. The number of aliphatic hydroxyl groups excluding tert-OH is 1. The van der Waals surface area contributed by atoms with Crippen molar-refractivity contribution >= 4 is 5.91 Å². The van der Waals surface area contributed by atoms with Crippen molar-refractivity contribution in [3.05, 3.63) is 0 Å². The molecule has 0 saturated carbocycles. The molecule has 2 N–H and O–H groups in total. The van der Waals surface area contributed by atoms with Gasteiger partial charge in [0.2, 0.25) is 5.91 Å². The first-order valence-corrected chi connectivity index (χ1v) is 6.96. The number of nitrogens with one attached hydrogen (secondary N) is 1. The van der Waals surface area contributed by atoms with E-state index in [1.165, 1.54) is 0 Å². The molecule has 0 aliphatic heterocycles. The van der Waals surface area contributed by atoms with Crippen molar-refractivity contribution in [3.8, 4) is 0 Å². The molecule has 0 rings (SSSR count). The number of amides is 1. The van der Waals surface area contributed by atoms with E-state index in [9.17, 15) is 4.79 Å². The summed E-state index contributed by atoms with van der Waals surface area (Å²) < 4.78 is 0. The quantitative estimate of drug-likeness (QED) is 0.736. The van der Waals surface area contributed by atoms with E-state index in [2.05, 4.69) is 46.9 Å². The number of carbonyl (C=O) groups excluding carboxylic acids is 1. The average Bonchev–Trinajstić information content (AvgIpc) is 2.22. The molecule has 0 heterocycles. The van der Waals surface area contributed by atoms with E-state index in [4.69, 9.17) is 5.11 Å². The summed E-state index contributed by atoms with van der Waals surface area (Å²) >= 11 is 0. The minimum absolute atomic E-state index is 0.0589. The maximum atomic E-state index is 11.9. The second-order valence-electron chi connectivity index (χ2n) is 7.24. The van der Waals surface area contributed by atoms with Gasteiger partial charge in [0.15, 0.2) is 0 Å². The van der Waals surface area contributed by atoms with Crippen molar-refractivity contribution in [2.45, 2.75) is 60.8 Å². The molecule has 0 fully saturated rings. The molecule has 18 heavy (non-hydrogen) atoms. The molecule has 0 aliphatic rings. The Morgan fingerprint density at radius 1 is 1.22 bits per heavy atom. The topological polar surface area (TPSA) is 49.3 Å². The highest BCUT2D eigenvalue weighted by atomic mass is 16.2. The van der Waals surface area contributed by atoms with E-state index in [1.54, 1.807) is 0 Å². The van der Waals surface area contributed by atoms with Crippen molar-refractivity contribution < 1.29 is 9.90 Å². The molecule has 0 aliphatic carbocycles. The molecule has 1 atom stereocenters. The highest BCUT2D eigenvalue weighted by Crippen LogP contribution is 2.28. The summed E-state index contributed by atoms with van der Waals surface area (Å²) in [5, 5.41) is 11.8. The van der Waals surface area contributed by atoms with Gasteiger partial charge in [0.05, 0.1) is 0 Å². The molecular weight excluding hydrogens is 226 g/mol. The lowest BCUT2D eigenvalue weighted by atomic mass is 9.80. The Kier molecular flexibility index (Phi) is 6.90. The highest BCUT2D eigenvalue weighted by Gasteiger charge is 2.24. The maximum absolute atomic E-state index is 11.9. The predicted octanol–water partition coefficient (Wildman–Crippen LogP) is 2.97. The Bertz CT molecular complexity index is 254. The van der Waals surface area contributed by atoms with Crippen molar-refractivity contribution in [3.63, 3.8) is 0 Å². The summed E-state index contributed by atoms with van der Waals surface area (Å²) in [6.07, 6.45) is 2.31. The van der Waals surface area contributed by atoms with Gasteiger partial charge >= 0.3 is 0 Å². The summed E-state index contributed by atoms with van der Waals surface area (Å²) in [4.78, 5) is 11.9. The van der Waals surface area contributed by atoms with Crippen LogP contribution in [0, 0.1) is 16.7 Å². The third-order valence-corrected chi connectivity index (χ3v) is 3.75. The SMILES string of the molecule is CC(CC(=O)NCC(C)(C)CCCO)C(C)(C)C. The fraction of sp³-hybridized carbons (Fsp3) is 0.933. The molecule has 0 aromatic heterocycles. The third-order valence-electron chi connectivity index (χ3n) is 3.75. The molecule has 3 heteroatoms.